The van der Waals surface area contributed by atoms with E-state index in [1.54, 1.807) is 5.57 Å². The van der Waals surface area contributed by atoms with Gasteiger partial charge >= 0.3 is 0 Å². The molecule has 6 rings (SSSR count). The number of fused-ring (bicyclic) bond motifs is 7. The standard InChI is InChI=1S/C26H40O3/c1-16-23-22(29-26(16)10-4-5-13-28-26)15-21-19-7-6-17-14-18(27)8-11-24(17,2)20(19)9-12-25(21,23)3/h6,16,18-23,27H,4-5,7-15H2,1-3H3/t16-,18-,19-,20+,21-,22+,23+,24-,25-,26-/m0/s1. The fraction of sp³-hybridized carbons (Fsp3) is 0.923. The highest BCUT2D eigenvalue weighted by Crippen LogP contribution is 2.70. The summed E-state index contributed by atoms with van der Waals surface area (Å²) in [6, 6.07) is 0. The highest BCUT2D eigenvalue weighted by Gasteiger charge is 2.68. The van der Waals surface area contributed by atoms with Crippen LogP contribution in [0.5, 0.6) is 0 Å². The molecule has 0 bridgehead atoms. The van der Waals surface area contributed by atoms with Crippen LogP contribution in [-0.4, -0.2) is 29.7 Å². The highest BCUT2D eigenvalue weighted by atomic mass is 16.7. The molecule has 0 aromatic rings. The maximum Gasteiger partial charge on any atom is 0.171 e. The predicted octanol–water partition coefficient (Wildman–Crippen LogP) is 5.47. The van der Waals surface area contributed by atoms with E-state index in [9.17, 15) is 5.11 Å². The minimum Gasteiger partial charge on any atom is -0.393 e. The monoisotopic (exact) mass is 400 g/mol. The van der Waals surface area contributed by atoms with Crippen molar-refractivity contribution in [2.24, 2.45) is 40.4 Å². The molecule has 1 spiro atoms. The quantitative estimate of drug-likeness (QED) is 0.548. The van der Waals surface area contributed by atoms with Gasteiger partial charge in [-0.05, 0) is 92.3 Å². The van der Waals surface area contributed by atoms with E-state index in [1.807, 2.05) is 0 Å². The molecule has 0 unspecified atom stereocenters. The van der Waals surface area contributed by atoms with Gasteiger partial charge < -0.3 is 14.6 Å². The smallest absolute Gasteiger partial charge is 0.171 e. The van der Waals surface area contributed by atoms with E-state index in [0.29, 0.717) is 28.8 Å². The minimum absolute atomic E-state index is 0.105. The molecule has 10 atom stereocenters. The summed E-state index contributed by atoms with van der Waals surface area (Å²) in [6.07, 6.45) is 14.7. The van der Waals surface area contributed by atoms with Crippen molar-refractivity contribution in [3.63, 3.8) is 0 Å². The summed E-state index contributed by atoms with van der Waals surface area (Å²) in [5, 5.41) is 10.2. The predicted molar refractivity (Wildman–Crippen MR) is 113 cm³/mol. The van der Waals surface area contributed by atoms with E-state index in [4.69, 9.17) is 9.47 Å². The van der Waals surface area contributed by atoms with Crippen molar-refractivity contribution in [2.75, 3.05) is 6.61 Å². The lowest BCUT2D eigenvalue weighted by molar-refractivity contribution is -0.264. The van der Waals surface area contributed by atoms with Crippen LogP contribution in [0, 0.1) is 40.4 Å². The van der Waals surface area contributed by atoms with Crippen LogP contribution >= 0.6 is 0 Å². The lowest BCUT2D eigenvalue weighted by Gasteiger charge is -2.58. The Morgan fingerprint density at radius 3 is 2.72 bits per heavy atom. The van der Waals surface area contributed by atoms with Gasteiger partial charge in [0.25, 0.3) is 0 Å². The Bertz CT molecular complexity index is 709. The second kappa shape index (κ2) is 6.33. The van der Waals surface area contributed by atoms with Crippen LogP contribution < -0.4 is 0 Å². The molecule has 5 fully saturated rings. The van der Waals surface area contributed by atoms with Crippen molar-refractivity contribution >= 4 is 0 Å². The SMILES string of the molecule is C[C@H]1[C@@H]2[C@@H](C[C@H]3[C@H]4CC=C5C[C@@H](O)CC[C@]5(C)[C@@H]4CC[C@]23C)O[C@@]12CCCCO2. The number of aliphatic hydroxyl groups excluding tert-OH is 1. The van der Waals surface area contributed by atoms with Crippen LogP contribution in [0.3, 0.4) is 0 Å². The van der Waals surface area contributed by atoms with E-state index in [1.165, 1.54) is 44.9 Å². The van der Waals surface area contributed by atoms with Gasteiger partial charge in [-0.15, -0.1) is 0 Å². The second-order valence-electron chi connectivity index (χ2n) is 12.0. The molecule has 6 aliphatic rings. The van der Waals surface area contributed by atoms with E-state index >= 15 is 0 Å². The van der Waals surface area contributed by atoms with Crippen molar-refractivity contribution < 1.29 is 14.6 Å². The van der Waals surface area contributed by atoms with Gasteiger partial charge in [0.15, 0.2) is 5.79 Å². The lowest BCUT2D eigenvalue weighted by atomic mass is 9.47. The van der Waals surface area contributed by atoms with Gasteiger partial charge in [-0.2, -0.15) is 0 Å². The average Bonchev–Trinajstić information content (AvgIpc) is 3.14. The van der Waals surface area contributed by atoms with E-state index in [0.717, 1.165) is 43.6 Å². The van der Waals surface area contributed by atoms with Gasteiger partial charge in [0.05, 0.1) is 18.8 Å². The molecule has 0 aromatic carbocycles. The van der Waals surface area contributed by atoms with Gasteiger partial charge in [0.1, 0.15) is 0 Å². The number of hydrogen-bond acceptors (Lipinski definition) is 3. The van der Waals surface area contributed by atoms with E-state index < -0.39 is 0 Å². The number of hydrogen-bond donors (Lipinski definition) is 1. The highest BCUT2D eigenvalue weighted by molar-refractivity contribution is 5.26. The van der Waals surface area contributed by atoms with Crippen LogP contribution in [0.2, 0.25) is 0 Å². The first-order chi connectivity index (χ1) is 13.9. The summed E-state index contributed by atoms with van der Waals surface area (Å²) in [7, 11) is 0. The van der Waals surface area contributed by atoms with Gasteiger partial charge in [-0.3, -0.25) is 0 Å². The van der Waals surface area contributed by atoms with Gasteiger partial charge in [-0.25, -0.2) is 0 Å². The van der Waals surface area contributed by atoms with Gasteiger partial charge in [0.2, 0.25) is 0 Å². The lowest BCUT2D eigenvalue weighted by Crippen LogP contribution is -2.52. The zero-order valence-electron chi connectivity index (χ0n) is 18.7. The first kappa shape index (κ1) is 19.3. The first-order valence-electron chi connectivity index (χ1n) is 12.6. The number of allylic oxidation sites excluding steroid dienone is 1. The molecule has 29 heavy (non-hydrogen) atoms. The van der Waals surface area contributed by atoms with Crippen LogP contribution in [0.15, 0.2) is 11.6 Å². The molecular formula is C26H40O3. The first-order valence-corrected chi connectivity index (χ1v) is 12.6. The maximum absolute atomic E-state index is 10.2. The molecule has 4 aliphatic carbocycles. The normalized spacial score (nSPS) is 58.9. The largest absolute Gasteiger partial charge is 0.393 e. The number of rotatable bonds is 0. The van der Waals surface area contributed by atoms with Crippen LogP contribution in [-0.2, 0) is 9.47 Å². The Balaban J connectivity index is 1.30. The number of aliphatic hydroxyl groups is 1. The molecule has 1 N–H and O–H groups in total. The summed E-state index contributed by atoms with van der Waals surface area (Å²) >= 11 is 0. The molecule has 2 heterocycles. The third-order valence-corrected chi connectivity index (χ3v) is 11.0. The summed E-state index contributed by atoms with van der Waals surface area (Å²) in [5.74, 6) is 3.32. The summed E-state index contributed by atoms with van der Waals surface area (Å²) in [4.78, 5) is 0. The molecule has 3 nitrogen and oxygen atoms in total. The maximum atomic E-state index is 10.2. The molecular weight excluding hydrogens is 360 g/mol. The Labute approximate surface area is 176 Å². The van der Waals surface area contributed by atoms with Crippen LogP contribution in [0.1, 0.15) is 85.0 Å². The van der Waals surface area contributed by atoms with Crippen molar-refractivity contribution in [3.05, 3.63) is 11.6 Å². The van der Waals surface area contributed by atoms with Crippen molar-refractivity contribution in [3.8, 4) is 0 Å². The molecule has 3 heteroatoms. The molecule has 162 valence electrons. The van der Waals surface area contributed by atoms with Gasteiger partial charge in [-0.1, -0.05) is 32.4 Å². The molecule has 0 aromatic heterocycles. The van der Waals surface area contributed by atoms with Crippen molar-refractivity contribution in [1.82, 2.24) is 0 Å². The van der Waals surface area contributed by atoms with E-state index in [2.05, 4.69) is 26.8 Å². The third-order valence-electron chi connectivity index (χ3n) is 11.0. The number of ether oxygens (including phenoxy) is 2. The fourth-order valence-corrected chi connectivity index (χ4v) is 9.56. The Hall–Kier alpha value is -0.380. The summed E-state index contributed by atoms with van der Waals surface area (Å²) < 4.78 is 13.2. The van der Waals surface area contributed by atoms with Crippen LogP contribution in [0.25, 0.3) is 0 Å². The summed E-state index contributed by atoms with van der Waals surface area (Å²) in [6.45, 7) is 8.47. The summed E-state index contributed by atoms with van der Waals surface area (Å²) in [5.41, 5.74) is 2.32. The molecule has 0 amide bonds. The Morgan fingerprint density at radius 1 is 1.07 bits per heavy atom. The molecule has 2 saturated heterocycles. The second-order valence-corrected chi connectivity index (χ2v) is 12.0. The fourth-order valence-electron chi connectivity index (χ4n) is 9.56. The van der Waals surface area contributed by atoms with E-state index in [-0.39, 0.29) is 11.9 Å². The minimum atomic E-state index is -0.274. The molecule has 2 aliphatic heterocycles. The third kappa shape index (κ3) is 2.47. The Kier molecular flexibility index (Phi) is 4.21. The molecule has 0 radical (unpaired) electrons. The Morgan fingerprint density at radius 2 is 1.93 bits per heavy atom. The average molecular weight is 401 g/mol. The topological polar surface area (TPSA) is 38.7 Å². The van der Waals surface area contributed by atoms with Crippen LogP contribution in [0.4, 0.5) is 0 Å². The zero-order chi connectivity index (χ0) is 20.0. The van der Waals surface area contributed by atoms with Crippen molar-refractivity contribution in [1.29, 1.82) is 0 Å². The molecule has 3 saturated carbocycles. The van der Waals surface area contributed by atoms with Gasteiger partial charge in [0, 0.05) is 12.3 Å². The zero-order valence-corrected chi connectivity index (χ0v) is 18.7. The van der Waals surface area contributed by atoms with Crippen molar-refractivity contribution in [2.45, 2.75) is 103 Å².